The molecule has 0 aromatic rings. The van der Waals surface area contributed by atoms with Crippen LogP contribution in [0.5, 0.6) is 0 Å². The van der Waals surface area contributed by atoms with Gasteiger partial charge in [0.2, 0.25) is 0 Å². The summed E-state index contributed by atoms with van der Waals surface area (Å²) in [7, 11) is 0. The third-order valence-electron chi connectivity index (χ3n) is 6.45. The zero-order valence-electron chi connectivity index (χ0n) is 20.2. The molecule has 170 valence electrons. The summed E-state index contributed by atoms with van der Waals surface area (Å²) >= 11 is 3.77. The second-order valence-corrected chi connectivity index (χ2v) is 9.58. The van der Waals surface area contributed by atoms with Crippen molar-refractivity contribution in [3.63, 3.8) is 0 Å². The number of halogens is 1. The number of nitrogens with zero attached hydrogens (tertiary/aromatic N) is 1. The largest absolute Gasteiger partial charge is 0.485 e. The van der Waals surface area contributed by atoms with Crippen LogP contribution < -0.4 is 0 Å². The van der Waals surface area contributed by atoms with Crippen LogP contribution in [0.25, 0.3) is 0 Å². The number of rotatable bonds is 9. The third kappa shape index (κ3) is 7.79. The van der Waals surface area contributed by atoms with E-state index < -0.39 is 0 Å². The van der Waals surface area contributed by atoms with Crippen molar-refractivity contribution in [3.8, 4) is 0 Å². The molecule has 2 nitrogen and oxygen atoms in total. The van der Waals surface area contributed by atoms with Gasteiger partial charge in [0.05, 0.1) is 10.2 Å². The molecule has 0 spiro atoms. The molecular weight excluding hydrogens is 446 g/mol. The Morgan fingerprint density at radius 2 is 1.94 bits per heavy atom. The van der Waals surface area contributed by atoms with E-state index in [9.17, 15) is 0 Å². The highest BCUT2D eigenvalue weighted by atomic mass is 79.9. The maximum atomic E-state index is 6.40. The summed E-state index contributed by atoms with van der Waals surface area (Å²) in [6.45, 7) is 13.3. The second-order valence-electron chi connectivity index (χ2n) is 8.72. The van der Waals surface area contributed by atoms with Gasteiger partial charge in [0, 0.05) is 6.21 Å². The lowest BCUT2D eigenvalue weighted by molar-refractivity contribution is 0.172. The van der Waals surface area contributed by atoms with Crippen molar-refractivity contribution in [2.24, 2.45) is 22.7 Å². The van der Waals surface area contributed by atoms with E-state index in [4.69, 9.17) is 9.73 Å². The molecule has 0 aromatic carbocycles. The highest BCUT2D eigenvalue weighted by Crippen LogP contribution is 2.30. The fraction of sp³-hybridized carbons (Fsp3) is 0.536. The van der Waals surface area contributed by atoms with Crippen molar-refractivity contribution in [2.75, 3.05) is 0 Å². The molecule has 31 heavy (non-hydrogen) atoms. The lowest BCUT2D eigenvalue weighted by Crippen LogP contribution is -2.12. The highest BCUT2D eigenvalue weighted by Gasteiger charge is 2.16. The van der Waals surface area contributed by atoms with Crippen LogP contribution in [0.2, 0.25) is 0 Å². The molecule has 3 atom stereocenters. The van der Waals surface area contributed by atoms with Gasteiger partial charge >= 0.3 is 0 Å². The first-order chi connectivity index (χ1) is 14.9. The van der Waals surface area contributed by atoms with Gasteiger partial charge in [-0.2, -0.15) is 0 Å². The number of ether oxygens (including phenoxy) is 1. The van der Waals surface area contributed by atoms with Crippen LogP contribution in [0.3, 0.4) is 0 Å². The van der Waals surface area contributed by atoms with Crippen molar-refractivity contribution in [2.45, 2.75) is 79.8 Å². The Hall–Kier alpha value is -1.61. The molecular formula is C28H40BrNO. The molecule has 0 bridgehead atoms. The molecule has 0 radical (unpaired) electrons. The minimum atomic E-state index is -0.0185. The predicted octanol–water partition coefficient (Wildman–Crippen LogP) is 8.84. The molecule has 0 saturated heterocycles. The summed E-state index contributed by atoms with van der Waals surface area (Å²) < 4.78 is 7.36. The van der Waals surface area contributed by atoms with E-state index in [1.54, 1.807) is 0 Å². The molecule has 0 fully saturated rings. The van der Waals surface area contributed by atoms with Crippen LogP contribution >= 0.6 is 15.9 Å². The summed E-state index contributed by atoms with van der Waals surface area (Å²) in [6, 6.07) is 0. The van der Waals surface area contributed by atoms with Crippen molar-refractivity contribution in [1.29, 1.82) is 0 Å². The average Bonchev–Trinajstić information content (AvgIpc) is 3.01. The Balaban J connectivity index is 2.15. The van der Waals surface area contributed by atoms with Crippen LogP contribution in [0.1, 0.15) is 73.6 Å². The molecule has 0 heterocycles. The van der Waals surface area contributed by atoms with Gasteiger partial charge in [0.15, 0.2) is 0 Å². The smallest absolute Gasteiger partial charge is 0.130 e. The fourth-order valence-electron chi connectivity index (χ4n) is 4.03. The predicted molar refractivity (Wildman–Crippen MR) is 139 cm³/mol. The first-order valence-corrected chi connectivity index (χ1v) is 12.7. The number of allylic oxidation sites excluding steroid dienone is 8. The number of aliphatic imine (C=N–C) groups is 1. The molecule has 3 heteroatoms. The molecule has 2 aliphatic rings. The molecule has 2 aliphatic carbocycles. The van der Waals surface area contributed by atoms with E-state index in [2.05, 4.69) is 106 Å². The summed E-state index contributed by atoms with van der Waals surface area (Å²) in [5.41, 5.74) is 3.56. The van der Waals surface area contributed by atoms with Crippen molar-refractivity contribution in [3.05, 3.63) is 69.6 Å². The summed E-state index contributed by atoms with van der Waals surface area (Å²) in [5.74, 6) is 2.57. The van der Waals surface area contributed by atoms with Crippen LogP contribution in [0.4, 0.5) is 0 Å². The Morgan fingerprint density at radius 3 is 2.61 bits per heavy atom. The minimum absolute atomic E-state index is 0.0185. The van der Waals surface area contributed by atoms with Crippen LogP contribution in [-0.2, 0) is 4.74 Å². The van der Waals surface area contributed by atoms with Gasteiger partial charge in [-0.25, -0.2) is 0 Å². The maximum Gasteiger partial charge on any atom is 0.130 e. The van der Waals surface area contributed by atoms with E-state index in [-0.39, 0.29) is 6.10 Å². The Morgan fingerprint density at radius 1 is 1.19 bits per heavy atom. The summed E-state index contributed by atoms with van der Waals surface area (Å²) in [5, 5.41) is 0. The van der Waals surface area contributed by atoms with E-state index in [0.29, 0.717) is 17.8 Å². The quantitative estimate of drug-likeness (QED) is 0.298. The van der Waals surface area contributed by atoms with Crippen LogP contribution in [0, 0.1) is 17.8 Å². The van der Waals surface area contributed by atoms with Gasteiger partial charge < -0.3 is 4.74 Å². The SMILES string of the molecule is CCC1C=CC=C(C(C)OC2=CCCC(C)=C(N=CC(C)C(CC)CC)C=C2Br)C=C1. The normalized spacial score (nSPS) is 21.9. The van der Waals surface area contributed by atoms with Crippen LogP contribution in [-0.4, -0.2) is 12.3 Å². The first-order valence-electron chi connectivity index (χ1n) is 11.9. The average molecular weight is 487 g/mol. The van der Waals surface area contributed by atoms with E-state index in [1.165, 1.54) is 24.0 Å². The highest BCUT2D eigenvalue weighted by molar-refractivity contribution is 9.12. The number of hydrogen-bond donors (Lipinski definition) is 0. The lowest BCUT2D eigenvalue weighted by Gasteiger charge is -2.20. The van der Waals surface area contributed by atoms with Gasteiger partial charge in [-0.05, 0) is 90.1 Å². The third-order valence-corrected chi connectivity index (χ3v) is 7.07. The minimum Gasteiger partial charge on any atom is -0.485 e. The Kier molecular flexibility index (Phi) is 10.8. The second kappa shape index (κ2) is 13.1. The van der Waals surface area contributed by atoms with Gasteiger partial charge in [0.25, 0.3) is 0 Å². The molecule has 0 aliphatic heterocycles. The first kappa shape index (κ1) is 25.6. The Labute approximate surface area is 198 Å². The van der Waals surface area contributed by atoms with Crippen molar-refractivity contribution in [1.82, 2.24) is 0 Å². The van der Waals surface area contributed by atoms with Gasteiger partial charge in [0.1, 0.15) is 11.9 Å². The topological polar surface area (TPSA) is 21.6 Å². The van der Waals surface area contributed by atoms with Gasteiger partial charge in [-0.3, -0.25) is 4.99 Å². The molecule has 0 aromatic heterocycles. The Bertz CT molecular complexity index is 805. The molecule has 2 rings (SSSR count). The van der Waals surface area contributed by atoms with Crippen molar-refractivity contribution >= 4 is 22.1 Å². The van der Waals surface area contributed by atoms with Gasteiger partial charge in [-0.15, -0.1) is 0 Å². The van der Waals surface area contributed by atoms with E-state index in [0.717, 1.165) is 35.2 Å². The van der Waals surface area contributed by atoms with E-state index in [1.807, 2.05) is 0 Å². The van der Waals surface area contributed by atoms with E-state index >= 15 is 0 Å². The van der Waals surface area contributed by atoms with Crippen molar-refractivity contribution < 1.29 is 4.74 Å². The molecule has 3 unspecified atom stereocenters. The molecule has 0 N–H and O–H groups in total. The van der Waals surface area contributed by atoms with Gasteiger partial charge in [-0.1, -0.05) is 70.9 Å². The summed E-state index contributed by atoms with van der Waals surface area (Å²) in [4.78, 5) is 4.90. The standard InChI is InChI=1S/C28H40BrNO/c1-7-23-13-11-14-25(17-16-23)22(6)31-28-15-10-12-20(4)27(18-26(28)29)30-19-21(5)24(8-2)9-3/h11,13-19,21-24H,7-10,12H2,1-6H3. The van der Waals surface area contributed by atoms with Crippen LogP contribution in [0.15, 0.2) is 74.6 Å². The zero-order chi connectivity index (χ0) is 22.8. The summed E-state index contributed by atoms with van der Waals surface area (Å²) in [6.07, 6.45) is 22.9. The zero-order valence-corrected chi connectivity index (χ0v) is 21.8. The fourth-order valence-corrected chi connectivity index (χ4v) is 4.50. The monoisotopic (exact) mass is 485 g/mol. The molecule has 0 saturated carbocycles. The lowest BCUT2D eigenvalue weighted by atomic mass is 9.90. The maximum absolute atomic E-state index is 6.40. The molecule has 0 amide bonds. The number of hydrogen-bond acceptors (Lipinski definition) is 2.